The Labute approximate surface area is 251 Å². The normalized spacial score (nSPS) is 30.0. The lowest BCUT2D eigenvalue weighted by atomic mass is 9.50. The molecule has 2 aromatic rings. The highest BCUT2D eigenvalue weighted by atomic mass is 19.4. The SMILES string of the molecule is CC12C[C@H](c3ccc(C#Cc4cccc(C(=O)O)c4)cc3)C3=C4CCC(=O)C=C4CCC3C1CCC2(O)C(F)(F)C(F)(F)F. The van der Waals surface area contributed by atoms with Gasteiger partial charge in [0, 0.05) is 28.9 Å². The number of aromatic carboxylic acids is 1. The lowest BCUT2D eigenvalue weighted by Gasteiger charge is -2.56. The van der Waals surface area contributed by atoms with Crippen LogP contribution in [0.5, 0.6) is 0 Å². The summed E-state index contributed by atoms with van der Waals surface area (Å²) in [6.07, 6.45) is -3.06. The summed E-state index contributed by atoms with van der Waals surface area (Å²) in [5.41, 5.74) is -0.106. The second kappa shape index (κ2) is 10.4. The standard InChI is InChI=1S/C35H31F5O4/c1-32-19-28(22-9-7-20(8-10-22)5-6-21-3-2-4-24(17-21)31(42)43)30-26-14-12-25(41)18-23(26)11-13-27(30)29(32)15-16-33(32,44)34(36,37)35(38,39)40/h2-4,7-10,17-18,27-29,44H,11-16,19H2,1H3,(H,42,43)/t27?,28-,29?,32?,33?/m1/s1. The molecule has 2 aromatic carbocycles. The monoisotopic (exact) mass is 610 g/mol. The molecule has 0 aromatic heterocycles. The largest absolute Gasteiger partial charge is 0.478 e. The fourth-order valence-electron chi connectivity index (χ4n) is 8.39. The van der Waals surface area contributed by atoms with E-state index in [1.54, 1.807) is 42.5 Å². The molecule has 0 saturated heterocycles. The molecule has 2 N–H and O–H groups in total. The molecule has 0 aliphatic heterocycles. The predicted molar refractivity (Wildman–Crippen MR) is 152 cm³/mol. The van der Waals surface area contributed by atoms with Crippen LogP contribution in [0.4, 0.5) is 22.0 Å². The van der Waals surface area contributed by atoms with Gasteiger partial charge in [0.2, 0.25) is 0 Å². The van der Waals surface area contributed by atoms with Crippen molar-refractivity contribution in [3.8, 4) is 11.8 Å². The van der Waals surface area contributed by atoms with Crippen molar-refractivity contribution in [1.29, 1.82) is 0 Å². The van der Waals surface area contributed by atoms with E-state index >= 15 is 8.78 Å². The quantitative estimate of drug-likeness (QED) is 0.277. The van der Waals surface area contributed by atoms with Gasteiger partial charge in [-0.05, 0) is 103 Å². The number of halogens is 5. The topological polar surface area (TPSA) is 74.6 Å². The lowest BCUT2D eigenvalue weighted by molar-refractivity contribution is -0.362. The van der Waals surface area contributed by atoms with Crippen LogP contribution >= 0.6 is 0 Å². The highest BCUT2D eigenvalue weighted by Crippen LogP contribution is 2.70. The van der Waals surface area contributed by atoms with Gasteiger partial charge in [0.05, 0.1) is 5.56 Å². The third-order valence-corrected chi connectivity index (χ3v) is 10.5. The molecule has 2 saturated carbocycles. The van der Waals surface area contributed by atoms with Gasteiger partial charge in [0.1, 0.15) is 5.60 Å². The summed E-state index contributed by atoms with van der Waals surface area (Å²) in [6, 6.07) is 13.3. The van der Waals surface area contributed by atoms with E-state index in [2.05, 4.69) is 11.8 Å². The van der Waals surface area contributed by atoms with Crippen LogP contribution in [0.25, 0.3) is 0 Å². The summed E-state index contributed by atoms with van der Waals surface area (Å²) in [5, 5.41) is 20.6. The van der Waals surface area contributed by atoms with Gasteiger partial charge in [-0.25, -0.2) is 4.79 Å². The van der Waals surface area contributed by atoms with Crippen molar-refractivity contribution in [2.45, 2.75) is 75.5 Å². The molecule has 5 atom stereocenters. The zero-order valence-corrected chi connectivity index (χ0v) is 24.0. The number of rotatable bonds is 3. The molecule has 230 valence electrons. The average Bonchev–Trinajstić information content (AvgIpc) is 3.26. The third kappa shape index (κ3) is 4.61. The second-order valence-electron chi connectivity index (χ2n) is 12.7. The van der Waals surface area contributed by atoms with Crippen molar-refractivity contribution in [3.05, 3.63) is 93.6 Å². The molecule has 2 fully saturated rings. The Morgan fingerprint density at radius 3 is 2.34 bits per heavy atom. The Morgan fingerprint density at radius 2 is 1.66 bits per heavy atom. The molecule has 4 unspecified atom stereocenters. The first-order chi connectivity index (χ1) is 20.7. The van der Waals surface area contributed by atoms with Crippen LogP contribution < -0.4 is 0 Å². The number of carbonyl (C=O) groups is 2. The summed E-state index contributed by atoms with van der Waals surface area (Å²) in [6.45, 7) is 1.40. The zero-order chi connectivity index (χ0) is 31.7. The number of hydrogen-bond donors (Lipinski definition) is 2. The maximum absolute atomic E-state index is 15.2. The molecule has 0 bridgehead atoms. The second-order valence-corrected chi connectivity index (χ2v) is 12.7. The van der Waals surface area contributed by atoms with Crippen LogP contribution in [0.15, 0.2) is 71.3 Å². The van der Waals surface area contributed by atoms with E-state index in [4.69, 9.17) is 0 Å². The van der Waals surface area contributed by atoms with E-state index in [-0.39, 0.29) is 30.1 Å². The Morgan fingerprint density at radius 1 is 0.955 bits per heavy atom. The van der Waals surface area contributed by atoms with Gasteiger partial charge in [-0.15, -0.1) is 0 Å². The first kappa shape index (κ1) is 30.3. The van der Waals surface area contributed by atoms with Crippen molar-refractivity contribution in [2.75, 3.05) is 0 Å². The molecule has 4 nitrogen and oxygen atoms in total. The Hall–Kier alpha value is -3.77. The van der Waals surface area contributed by atoms with Crippen molar-refractivity contribution < 1.29 is 41.8 Å². The van der Waals surface area contributed by atoms with Crippen LogP contribution in [0.1, 0.15) is 84.8 Å². The summed E-state index contributed by atoms with van der Waals surface area (Å²) in [7, 11) is 0. The van der Waals surface area contributed by atoms with E-state index in [1.165, 1.54) is 19.1 Å². The van der Waals surface area contributed by atoms with Crippen LogP contribution in [-0.2, 0) is 4.79 Å². The van der Waals surface area contributed by atoms with Gasteiger partial charge in [-0.1, -0.05) is 42.5 Å². The van der Waals surface area contributed by atoms with Gasteiger partial charge in [-0.2, -0.15) is 22.0 Å². The van der Waals surface area contributed by atoms with Gasteiger partial charge >= 0.3 is 18.1 Å². The van der Waals surface area contributed by atoms with E-state index in [0.717, 1.165) is 22.3 Å². The first-order valence-electron chi connectivity index (χ1n) is 14.8. The van der Waals surface area contributed by atoms with E-state index < -0.39 is 47.3 Å². The van der Waals surface area contributed by atoms with Crippen molar-refractivity contribution in [3.63, 3.8) is 0 Å². The number of carboxylic acids is 1. The number of alkyl halides is 5. The minimum absolute atomic E-state index is 0.0249. The molecule has 4 aliphatic carbocycles. The predicted octanol–water partition coefficient (Wildman–Crippen LogP) is 7.61. The summed E-state index contributed by atoms with van der Waals surface area (Å²) >= 11 is 0. The molecule has 4 aliphatic rings. The average molecular weight is 611 g/mol. The minimum atomic E-state index is -5.90. The molecular formula is C35H31F5O4. The van der Waals surface area contributed by atoms with Crippen molar-refractivity contribution in [2.24, 2.45) is 17.3 Å². The molecule has 0 amide bonds. The highest BCUT2D eigenvalue weighted by molar-refractivity contribution is 5.93. The molecule has 0 radical (unpaired) electrons. The number of fused-ring (bicyclic) bond motifs is 4. The summed E-state index contributed by atoms with van der Waals surface area (Å²) in [4.78, 5) is 23.5. The van der Waals surface area contributed by atoms with Gasteiger partial charge in [-0.3, -0.25) is 4.79 Å². The van der Waals surface area contributed by atoms with Crippen LogP contribution in [-0.4, -0.2) is 39.7 Å². The number of carboxylic acid groups (broad SMARTS) is 1. The summed E-state index contributed by atoms with van der Waals surface area (Å²) in [5.74, 6) is -1.79. The molecule has 0 heterocycles. The number of ketones is 1. The first-order valence-corrected chi connectivity index (χ1v) is 14.8. The summed E-state index contributed by atoms with van der Waals surface area (Å²) < 4.78 is 71.6. The maximum atomic E-state index is 15.2. The third-order valence-electron chi connectivity index (χ3n) is 10.5. The Kier molecular flexibility index (Phi) is 7.16. The number of aliphatic hydroxyl groups is 1. The highest BCUT2D eigenvalue weighted by Gasteiger charge is 2.79. The van der Waals surface area contributed by atoms with Crippen molar-refractivity contribution >= 4 is 11.8 Å². The number of hydrogen-bond acceptors (Lipinski definition) is 3. The number of allylic oxidation sites excluding steroid dienone is 4. The van der Waals surface area contributed by atoms with E-state index in [1.807, 2.05) is 0 Å². The Balaban J connectivity index is 1.42. The lowest BCUT2D eigenvalue weighted by Crippen LogP contribution is -2.65. The van der Waals surface area contributed by atoms with E-state index in [0.29, 0.717) is 36.8 Å². The fraction of sp³-hybridized carbons (Fsp3) is 0.429. The van der Waals surface area contributed by atoms with Crippen LogP contribution in [0.2, 0.25) is 0 Å². The molecular weight excluding hydrogens is 579 g/mol. The van der Waals surface area contributed by atoms with Crippen LogP contribution in [0.3, 0.4) is 0 Å². The van der Waals surface area contributed by atoms with Gasteiger partial charge in [0.15, 0.2) is 5.78 Å². The molecule has 9 heteroatoms. The number of carbonyl (C=O) groups excluding carboxylic acids is 1. The maximum Gasteiger partial charge on any atom is 0.456 e. The van der Waals surface area contributed by atoms with Crippen LogP contribution in [0, 0.1) is 29.1 Å². The fourth-order valence-corrected chi connectivity index (χ4v) is 8.39. The smallest absolute Gasteiger partial charge is 0.456 e. The van der Waals surface area contributed by atoms with Gasteiger partial charge in [0.25, 0.3) is 0 Å². The van der Waals surface area contributed by atoms with Gasteiger partial charge < -0.3 is 10.2 Å². The van der Waals surface area contributed by atoms with Crippen molar-refractivity contribution in [1.82, 2.24) is 0 Å². The van der Waals surface area contributed by atoms with E-state index in [9.17, 15) is 33.0 Å². The molecule has 0 spiro atoms. The molecule has 6 rings (SSSR count). The Bertz CT molecular complexity index is 1660. The zero-order valence-electron chi connectivity index (χ0n) is 24.0. The molecule has 44 heavy (non-hydrogen) atoms. The number of benzene rings is 2. The minimum Gasteiger partial charge on any atom is -0.478 e.